The molecule has 1 aliphatic heterocycles. The average molecular weight is 334 g/mol. The molecule has 1 aliphatic rings. The van der Waals surface area contributed by atoms with Crippen LogP contribution in [-0.2, 0) is 20.9 Å². The van der Waals surface area contributed by atoms with Crippen molar-refractivity contribution in [3.8, 4) is 5.75 Å². The van der Waals surface area contributed by atoms with E-state index in [0.717, 1.165) is 11.3 Å². The predicted molar refractivity (Wildman–Crippen MR) is 90.7 cm³/mol. The number of likely N-dealkylation sites (tertiary alicyclic amines) is 1. The number of hydrogen-bond acceptors (Lipinski definition) is 4. The zero-order valence-electron chi connectivity index (χ0n) is 14.6. The zero-order valence-corrected chi connectivity index (χ0v) is 14.6. The second-order valence-electron chi connectivity index (χ2n) is 6.04. The van der Waals surface area contributed by atoms with E-state index >= 15 is 0 Å². The maximum absolute atomic E-state index is 12.6. The maximum Gasteiger partial charge on any atom is 0.245 e. The Morgan fingerprint density at radius 2 is 2.12 bits per heavy atom. The number of rotatable bonds is 8. The molecular formula is C18H26N2O4. The van der Waals surface area contributed by atoms with Gasteiger partial charge in [-0.2, -0.15) is 0 Å². The Morgan fingerprint density at radius 1 is 1.38 bits per heavy atom. The molecule has 1 saturated heterocycles. The van der Waals surface area contributed by atoms with Gasteiger partial charge in [0.05, 0.1) is 19.8 Å². The van der Waals surface area contributed by atoms with E-state index in [9.17, 15) is 9.59 Å². The fraction of sp³-hybridized carbons (Fsp3) is 0.556. The molecule has 2 rings (SSSR count). The number of amides is 2. The van der Waals surface area contributed by atoms with E-state index in [1.54, 1.807) is 12.0 Å². The molecule has 1 aromatic carbocycles. The van der Waals surface area contributed by atoms with Gasteiger partial charge in [-0.3, -0.25) is 9.59 Å². The van der Waals surface area contributed by atoms with E-state index in [0.29, 0.717) is 39.1 Å². The van der Waals surface area contributed by atoms with E-state index in [4.69, 9.17) is 9.47 Å². The number of carbonyl (C=O) groups is 2. The van der Waals surface area contributed by atoms with Crippen LogP contribution in [0.25, 0.3) is 0 Å². The second-order valence-corrected chi connectivity index (χ2v) is 6.04. The summed E-state index contributed by atoms with van der Waals surface area (Å²) >= 11 is 0. The molecule has 0 saturated carbocycles. The van der Waals surface area contributed by atoms with Crippen LogP contribution in [0.15, 0.2) is 24.3 Å². The van der Waals surface area contributed by atoms with Gasteiger partial charge < -0.3 is 19.7 Å². The van der Waals surface area contributed by atoms with Gasteiger partial charge in [-0.25, -0.2) is 0 Å². The van der Waals surface area contributed by atoms with Crippen LogP contribution < -0.4 is 10.1 Å². The Morgan fingerprint density at radius 3 is 2.83 bits per heavy atom. The number of nitrogens with zero attached hydrogens (tertiary/aromatic N) is 1. The molecule has 1 fully saturated rings. The van der Waals surface area contributed by atoms with Crippen molar-refractivity contribution < 1.29 is 19.1 Å². The van der Waals surface area contributed by atoms with Gasteiger partial charge in [-0.15, -0.1) is 0 Å². The molecule has 132 valence electrons. The van der Waals surface area contributed by atoms with Crippen LogP contribution in [0.2, 0.25) is 0 Å². The smallest absolute Gasteiger partial charge is 0.245 e. The Balaban J connectivity index is 2.17. The third kappa shape index (κ3) is 3.87. The van der Waals surface area contributed by atoms with Gasteiger partial charge in [0.2, 0.25) is 11.8 Å². The van der Waals surface area contributed by atoms with Crippen LogP contribution in [0.5, 0.6) is 5.75 Å². The molecule has 2 amide bonds. The van der Waals surface area contributed by atoms with Gasteiger partial charge in [-0.1, -0.05) is 18.2 Å². The van der Waals surface area contributed by atoms with Gasteiger partial charge in [0.15, 0.2) is 0 Å². The first-order valence-electron chi connectivity index (χ1n) is 8.31. The minimum Gasteiger partial charge on any atom is -0.494 e. The van der Waals surface area contributed by atoms with E-state index < -0.39 is 5.54 Å². The summed E-state index contributed by atoms with van der Waals surface area (Å²) in [6, 6.07) is 7.63. The van der Waals surface area contributed by atoms with Crippen LogP contribution in [-0.4, -0.2) is 49.1 Å². The Hall–Kier alpha value is -2.08. The second kappa shape index (κ2) is 8.15. The lowest BCUT2D eigenvalue weighted by Gasteiger charge is -2.34. The first-order chi connectivity index (χ1) is 11.5. The quantitative estimate of drug-likeness (QED) is 0.735. The van der Waals surface area contributed by atoms with Crippen molar-refractivity contribution in [3.63, 3.8) is 0 Å². The number of hydrogen-bond donors (Lipinski definition) is 1. The number of nitrogens with one attached hydrogen (secondary N) is 1. The zero-order chi connectivity index (χ0) is 17.6. The monoisotopic (exact) mass is 334 g/mol. The molecule has 1 heterocycles. The molecule has 0 spiro atoms. The molecular weight excluding hydrogens is 308 g/mol. The third-order valence-electron chi connectivity index (χ3n) is 4.40. The molecule has 0 aromatic heterocycles. The molecule has 0 aliphatic carbocycles. The molecule has 6 nitrogen and oxygen atoms in total. The van der Waals surface area contributed by atoms with E-state index in [-0.39, 0.29) is 11.8 Å². The topological polar surface area (TPSA) is 67.9 Å². The number of ether oxygens (including phenoxy) is 2. The van der Waals surface area contributed by atoms with Gasteiger partial charge in [0.25, 0.3) is 0 Å². The van der Waals surface area contributed by atoms with E-state index in [1.165, 1.54) is 0 Å². The van der Waals surface area contributed by atoms with Gasteiger partial charge >= 0.3 is 0 Å². The lowest BCUT2D eigenvalue weighted by molar-refractivity contribution is -0.141. The van der Waals surface area contributed by atoms with Crippen LogP contribution >= 0.6 is 0 Å². The van der Waals surface area contributed by atoms with Crippen molar-refractivity contribution in [1.29, 1.82) is 0 Å². The van der Waals surface area contributed by atoms with Crippen LogP contribution in [0.1, 0.15) is 32.3 Å². The summed E-state index contributed by atoms with van der Waals surface area (Å²) in [7, 11) is 1.59. The lowest BCUT2D eigenvalue weighted by Crippen LogP contribution is -2.54. The summed E-state index contributed by atoms with van der Waals surface area (Å²) < 4.78 is 10.6. The predicted octanol–water partition coefficient (Wildman–Crippen LogP) is 1.73. The Bertz CT molecular complexity index is 590. The summed E-state index contributed by atoms with van der Waals surface area (Å²) in [5, 5.41) is 2.85. The summed E-state index contributed by atoms with van der Waals surface area (Å²) in [5.41, 5.74) is 0.0648. The highest BCUT2D eigenvalue weighted by Gasteiger charge is 2.47. The van der Waals surface area contributed by atoms with Crippen LogP contribution in [0.4, 0.5) is 0 Å². The fourth-order valence-electron chi connectivity index (χ4n) is 2.95. The van der Waals surface area contributed by atoms with Crippen LogP contribution in [0, 0.1) is 0 Å². The largest absolute Gasteiger partial charge is 0.494 e. The molecule has 24 heavy (non-hydrogen) atoms. The number of methoxy groups -OCH3 is 1. The fourth-order valence-corrected chi connectivity index (χ4v) is 2.95. The molecule has 0 unspecified atom stereocenters. The summed E-state index contributed by atoms with van der Waals surface area (Å²) in [6.45, 7) is 5.54. The van der Waals surface area contributed by atoms with E-state index in [1.807, 2.05) is 38.1 Å². The summed E-state index contributed by atoms with van der Waals surface area (Å²) in [5.74, 6) is 0.604. The first-order valence-corrected chi connectivity index (χ1v) is 8.31. The average Bonchev–Trinajstić information content (AvgIpc) is 2.86. The molecule has 1 N–H and O–H groups in total. The van der Waals surface area contributed by atoms with Gasteiger partial charge in [-0.05, 0) is 26.3 Å². The van der Waals surface area contributed by atoms with Crippen molar-refractivity contribution in [2.75, 3.05) is 26.9 Å². The Kier molecular flexibility index (Phi) is 6.20. The molecule has 0 radical (unpaired) electrons. The summed E-state index contributed by atoms with van der Waals surface area (Å²) in [4.78, 5) is 26.6. The highest BCUT2D eigenvalue weighted by atomic mass is 16.5. The molecule has 0 bridgehead atoms. The van der Waals surface area contributed by atoms with Crippen LogP contribution in [0.3, 0.4) is 0 Å². The highest BCUT2D eigenvalue weighted by Crippen LogP contribution is 2.33. The van der Waals surface area contributed by atoms with Crippen molar-refractivity contribution in [2.24, 2.45) is 0 Å². The van der Waals surface area contributed by atoms with Crippen molar-refractivity contribution >= 4 is 11.8 Å². The maximum atomic E-state index is 12.6. The SMILES string of the molecule is CCOc1ccccc1CN1C(=O)CC[C@@]1(C)C(=O)NCCOC. The van der Waals surface area contributed by atoms with Crippen molar-refractivity contribution in [2.45, 2.75) is 38.8 Å². The first kappa shape index (κ1) is 18.3. The molecule has 6 heteroatoms. The number of benzene rings is 1. The van der Waals surface area contributed by atoms with Crippen molar-refractivity contribution in [1.82, 2.24) is 10.2 Å². The van der Waals surface area contributed by atoms with E-state index in [2.05, 4.69) is 5.32 Å². The minimum absolute atomic E-state index is 0.00862. The molecule has 1 aromatic rings. The standard InChI is InChI=1S/C18H26N2O4/c1-4-24-15-8-6-5-7-14(15)13-20-16(21)9-10-18(20,2)17(22)19-11-12-23-3/h5-8H,4,9-13H2,1-3H3,(H,19,22)/t18-/m0/s1. The lowest BCUT2D eigenvalue weighted by atomic mass is 9.97. The number of para-hydroxylation sites is 1. The van der Waals surface area contributed by atoms with Crippen molar-refractivity contribution in [3.05, 3.63) is 29.8 Å². The van der Waals surface area contributed by atoms with Gasteiger partial charge in [0.1, 0.15) is 11.3 Å². The molecule has 1 atom stereocenters. The highest BCUT2D eigenvalue weighted by molar-refractivity contribution is 5.94. The summed E-state index contributed by atoms with van der Waals surface area (Å²) in [6.07, 6.45) is 0.895. The Labute approximate surface area is 143 Å². The minimum atomic E-state index is -0.843. The van der Waals surface area contributed by atoms with Gasteiger partial charge in [0, 0.05) is 25.6 Å². The normalized spacial score (nSPS) is 20.3. The number of carbonyl (C=O) groups excluding carboxylic acids is 2. The third-order valence-corrected chi connectivity index (χ3v) is 4.40.